The van der Waals surface area contributed by atoms with E-state index >= 15 is 0 Å². The molecule has 31 heavy (non-hydrogen) atoms. The molecule has 2 atom stereocenters. The van der Waals surface area contributed by atoms with E-state index in [0.717, 1.165) is 12.0 Å². The summed E-state index contributed by atoms with van der Waals surface area (Å²) in [4.78, 5) is 13.4. The van der Waals surface area contributed by atoms with Gasteiger partial charge in [-0.25, -0.2) is 4.79 Å². The zero-order valence-electron chi connectivity index (χ0n) is 18.1. The van der Waals surface area contributed by atoms with Gasteiger partial charge in [0.25, 0.3) is 10.2 Å². The van der Waals surface area contributed by atoms with Gasteiger partial charge in [-0.1, -0.05) is 37.6 Å². The van der Waals surface area contributed by atoms with E-state index < -0.39 is 16.2 Å². The number of carboxylic acid groups (broad SMARTS) is 1. The molecule has 0 bridgehead atoms. The van der Waals surface area contributed by atoms with Gasteiger partial charge in [0.1, 0.15) is 5.75 Å². The maximum atomic E-state index is 14.0. The molecule has 1 heterocycles. The van der Waals surface area contributed by atoms with Crippen molar-refractivity contribution in [3.8, 4) is 5.75 Å². The van der Waals surface area contributed by atoms with Crippen LogP contribution in [0, 0.1) is 0 Å². The number of nitrogens with zero attached hydrogens (tertiary/aromatic N) is 3. The van der Waals surface area contributed by atoms with Crippen LogP contribution in [0.2, 0.25) is 5.02 Å². The molecule has 1 unspecified atom stereocenters. The van der Waals surface area contributed by atoms with E-state index in [-0.39, 0.29) is 23.3 Å². The molecular formula is C22H28ClN3O4S. The van der Waals surface area contributed by atoms with Gasteiger partial charge in [0.15, 0.2) is 0 Å². The van der Waals surface area contributed by atoms with E-state index in [1.807, 2.05) is 34.0 Å². The fourth-order valence-electron chi connectivity index (χ4n) is 3.45. The lowest BCUT2D eigenvalue weighted by Gasteiger charge is -2.23. The van der Waals surface area contributed by atoms with Crippen molar-refractivity contribution in [2.24, 2.45) is 4.36 Å². The largest absolute Gasteiger partial charge is 0.478 e. The highest BCUT2D eigenvalue weighted by Crippen LogP contribution is 2.31. The highest BCUT2D eigenvalue weighted by atomic mass is 35.5. The molecule has 2 aromatic carbocycles. The summed E-state index contributed by atoms with van der Waals surface area (Å²) in [6.45, 7) is 5.16. The predicted molar refractivity (Wildman–Crippen MR) is 123 cm³/mol. The fraction of sp³-hybridized carbons (Fsp3) is 0.409. The van der Waals surface area contributed by atoms with E-state index in [4.69, 9.17) is 15.8 Å². The summed E-state index contributed by atoms with van der Waals surface area (Å²) in [5.74, 6) is -0.647. The van der Waals surface area contributed by atoms with E-state index in [2.05, 4.69) is 9.26 Å². The second-order valence-corrected chi connectivity index (χ2v) is 10.3. The van der Waals surface area contributed by atoms with Crippen molar-refractivity contribution in [3.05, 3.63) is 58.6 Å². The van der Waals surface area contributed by atoms with Crippen LogP contribution in [-0.4, -0.2) is 57.7 Å². The highest BCUT2D eigenvalue weighted by Gasteiger charge is 2.33. The van der Waals surface area contributed by atoms with Gasteiger partial charge in [-0.3, -0.25) is 0 Å². The van der Waals surface area contributed by atoms with Gasteiger partial charge in [-0.2, -0.15) is 12.9 Å². The van der Waals surface area contributed by atoms with E-state index in [1.54, 1.807) is 28.6 Å². The Morgan fingerprint density at radius 3 is 2.61 bits per heavy atom. The molecule has 0 saturated carbocycles. The molecule has 0 spiro atoms. The monoisotopic (exact) mass is 465 g/mol. The molecule has 7 nitrogen and oxygen atoms in total. The van der Waals surface area contributed by atoms with Crippen LogP contribution in [0.15, 0.2) is 46.8 Å². The maximum Gasteiger partial charge on any atom is 0.335 e. The van der Waals surface area contributed by atoms with Crippen molar-refractivity contribution in [3.63, 3.8) is 0 Å². The van der Waals surface area contributed by atoms with Crippen molar-refractivity contribution in [2.75, 3.05) is 27.2 Å². The average molecular weight is 466 g/mol. The summed E-state index contributed by atoms with van der Waals surface area (Å²) in [6, 6.07) is 11.5. The van der Waals surface area contributed by atoms with Gasteiger partial charge < -0.3 is 14.2 Å². The fourth-order valence-corrected chi connectivity index (χ4v) is 5.53. The van der Waals surface area contributed by atoms with Crippen LogP contribution >= 0.6 is 11.6 Å². The summed E-state index contributed by atoms with van der Waals surface area (Å²) in [5.41, 5.74) is 1.48. The third-order valence-corrected chi connectivity index (χ3v) is 7.46. The number of carboxylic acids is 1. The van der Waals surface area contributed by atoms with Gasteiger partial charge in [0, 0.05) is 24.2 Å². The van der Waals surface area contributed by atoms with Crippen molar-refractivity contribution >= 4 is 33.5 Å². The zero-order chi connectivity index (χ0) is 22.8. The first kappa shape index (κ1) is 23.5. The molecule has 1 aliphatic heterocycles. The molecule has 1 saturated heterocycles. The van der Waals surface area contributed by atoms with Crippen LogP contribution in [0.1, 0.15) is 42.1 Å². The Hall–Kier alpha value is -2.13. The molecule has 1 fully saturated rings. The summed E-state index contributed by atoms with van der Waals surface area (Å²) in [5, 5.41) is 9.82. The van der Waals surface area contributed by atoms with Crippen LogP contribution in [-0.2, 0) is 10.2 Å². The normalized spacial score (nSPS) is 18.9. The molecule has 2 aromatic rings. The number of hydrogen-bond acceptors (Lipinski definition) is 5. The minimum absolute atomic E-state index is 0.0520. The number of benzene rings is 2. The number of carbonyl (C=O) groups is 1. The number of halogens is 1. The van der Waals surface area contributed by atoms with Crippen molar-refractivity contribution in [1.82, 2.24) is 9.21 Å². The maximum absolute atomic E-state index is 14.0. The van der Waals surface area contributed by atoms with Crippen molar-refractivity contribution in [2.45, 2.75) is 32.2 Å². The second-order valence-electron chi connectivity index (χ2n) is 8.11. The first-order chi connectivity index (χ1) is 14.6. The third-order valence-electron chi connectivity index (χ3n) is 5.30. The first-order valence-electron chi connectivity index (χ1n) is 10.1. The molecule has 1 aliphatic rings. The SMILES string of the molecule is CC(C)c1ccc(N=S(=O)(Oc2cccc(C(=O)O)c2)N2CC[C@H](N(C)C)C2)cc1Cl. The Kier molecular flexibility index (Phi) is 7.26. The Morgan fingerprint density at radius 2 is 2.03 bits per heavy atom. The molecule has 0 radical (unpaired) electrons. The van der Waals surface area contributed by atoms with Crippen LogP contribution in [0.4, 0.5) is 5.69 Å². The predicted octanol–water partition coefficient (Wildman–Crippen LogP) is 4.81. The molecule has 0 aliphatic carbocycles. The molecular weight excluding hydrogens is 438 g/mol. The quantitative estimate of drug-likeness (QED) is 0.634. The van der Waals surface area contributed by atoms with Crippen LogP contribution in [0.3, 0.4) is 0 Å². The van der Waals surface area contributed by atoms with Gasteiger partial charge >= 0.3 is 5.97 Å². The van der Waals surface area contributed by atoms with E-state index in [1.165, 1.54) is 12.1 Å². The number of rotatable bonds is 7. The molecule has 0 amide bonds. The topological polar surface area (TPSA) is 82.4 Å². The Morgan fingerprint density at radius 1 is 1.29 bits per heavy atom. The van der Waals surface area contributed by atoms with Crippen LogP contribution in [0.25, 0.3) is 0 Å². The van der Waals surface area contributed by atoms with Crippen LogP contribution in [0.5, 0.6) is 5.75 Å². The standard InChI is InChI=1S/C22H28ClN3O4S/c1-15(2)20-9-8-17(13-21(20)23)24-31(29,26-11-10-18(14-26)25(3)4)30-19-7-5-6-16(12-19)22(27)28/h5-9,12-13,15,18H,10-11,14H2,1-4H3,(H,27,28)/t18-,31?/m0/s1. The Labute approximate surface area is 189 Å². The van der Waals surface area contributed by atoms with Crippen molar-refractivity contribution < 1.29 is 18.3 Å². The minimum atomic E-state index is -3.35. The van der Waals surface area contributed by atoms with Gasteiger partial charge in [0.2, 0.25) is 0 Å². The lowest BCUT2D eigenvalue weighted by molar-refractivity contribution is 0.0696. The molecule has 3 rings (SSSR count). The number of hydrogen-bond donors (Lipinski definition) is 1. The summed E-state index contributed by atoms with van der Waals surface area (Å²) in [7, 11) is 0.610. The lowest BCUT2D eigenvalue weighted by atomic mass is 10.0. The highest BCUT2D eigenvalue weighted by molar-refractivity contribution is 7.87. The Balaban J connectivity index is 2.03. The number of likely N-dealkylation sites (N-methyl/N-ethyl adjacent to an activating group) is 1. The van der Waals surface area contributed by atoms with Crippen LogP contribution < -0.4 is 4.18 Å². The Bertz CT molecular complexity index is 1080. The van der Waals surface area contributed by atoms with Gasteiger partial charge in [0.05, 0.1) is 11.3 Å². The smallest absolute Gasteiger partial charge is 0.335 e. The summed E-state index contributed by atoms with van der Waals surface area (Å²) in [6.07, 6.45) is 0.824. The van der Waals surface area contributed by atoms with E-state index in [0.29, 0.717) is 23.8 Å². The molecule has 9 heteroatoms. The number of aromatic carboxylic acids is 1. The van der Waals surface area contributed by atoms with Gasteiger partial charge in [-0.05, 0) is 62.3 Å². The molecule has 1 N–H and O–H groups in total. The summed E-state index contributed by atoms with van der Waals surface area (Å²) < 4.78 is 26.1. The minimum Gasteiger partial charge on any atom is -0.478 e. The van der Waals surface area contributed by atoms with Crippen molar-refractivity contribution in [1.29, 1.82) is 0 Å². The molecule has 0 aromatic heterocycles. The zero-order valence-corrected chi connectivity index (χ0v) is 19.7. The lowest BCUT2D eigenvalue weighted by Crippen LogP contribution is -2.36. The third kappa shape index (κ3) is 5.57. The first-order valence-corrected chi connectivity index (χ1v) is 11.9. The second kappa shape index (κ2) is 9.56. The summed E-state index contributed by atoms with van der Waals surface area (Å²) >= 11 is 6.41. The van der Waals surface area contributed by atoms with E-state index in [9.17, 15) is 14.1 Å². The average Bonchev–Trinajstić information content (AvgIpc) is 3.19. The molecule has 168 valence electrons. The van der Waals surface area contributed by atoms with Gasteiger partial charge in [-0.15, -0.1) is 0 Å².